The fourth-order valence-electron chi connectivity index (χ4n) is 2.69. The van der Waals surface area contributed by atoms with Crippen LogP contribution in [0.25, 0.3) is 0 Å². The predicted molar refractivity (Wildman–Crippen MR) is 79.8 cm³/mol. The Morgan fingerprint density at radius 2 is 2.32 bits per heavy atom. The molecule has 1 aliphatic rings. The minimum atomic E-state index is 0.534. The van der Waals surface area contributed by atoms with Crippen LogP contribution >= 0.6 is 11.3 Å². The Morgan fingerprint density at radius 3 is 3.11 bits per heavy atom. The quantitative estimate of drug-likeness (QED) is 0.891. The molecule has 1 heterocycles. The van der Waals surface area contributed by atoms with E-state index in [1.165, 1.54) is 22.4 Å². The summed E-state index contributed by atoms with van der Waals surface area (Å²) in [7, 11) is 0. The van der Waals surface area contributed by atoms with Crippen LogP contribution in [0.15, 0.2) is 35.7 Å². The molecular weight excluding hydrogens is 254 g/mol. The number of hydrogen-bond donors (Lipinski definition) is 1. The summed E-state index contributed by atoms with van der Waals surface area (Å²) in [6.07, 6.45) is 2.36. The number of rotatable bonds is 5. The SMILES string of the molecule is CCNC1CCc2cc(OCc3cccs3)ccc21. The van der Waals surface area contributed by atoms with Gasteiger partial charge < -0.3 is 10.1 Å². The average Bonchev–Trinajstić information content (AvgIpc) is 3.06. The molecule has 0 bridgehead atoms. The van der Waals surface area contributed by atoms with Crippen LogP contribution in [-0.4, -0.2) is 6.54 Å². The zero-order chi connectivity index (χ0) is 13.1. The molecule has 0 fully saturated rings. The summed E-state index contributed by atoms with van der Waals surface area (Å²) >= 11 is 1.74. The second-order valence-electron chi connectivity index (χ2n) is 4.88. The molecule has 100 valence electrons. The largest absolute Gasteiger partial charge is 0.488 e. The van der Waals surface area contributed by atoms with E-state index in [-0.39, 0.29) is 0 Å². The third-order valence-electron chi connectivity index (χ3n) is 3.60. The number of thiophene rings is 1. The van der Waals surface area contributed by atoms with Gasteiger partial charge in [-0.2, -0.15) is 0 Å². The van der Waals surface area contributed by atoms with Crippen molar-refractivity contribution in [2.45, 2.75) is 32.4 Å². The smallest absolute Gasteiger partial charge is 0.122 e. The molecule has 1 N–H and O–H groups in total. The third kappa shape index (κ3) is 2.82. The lowest BCUT2D eigenvalue weighted by Gasteiger charge is -2.13. The second-order valence-corrected chi connectivity index (χ2v) is 5.91. The van der Waals surface area contributed by atoms with Gasteiger partial charge in [-0.1, -0.05) is 19.1 Å². The maximum Gasteiger partial charge on any atom is 0.122 e. The van der Waals surface area contributed by atoms with Crippen molar-refractivity contribution in [2.75, 3.05) is 6.54 Å². The molecule has 1 aromatic carbocycles. The van der Waals surface area contributed by atoms with Gasteiger partial charge in [-0.3, -0.25) is 0 Å². The standard InChI is InChI=1S/C16H19NOS/c1-2-17-16-8-5-12-10-13(6-7-15(12)16)18-11-14-4-3-9-19-14/h3-4,6-7,9-10,16-17H,2,5,8,11H2,1H3. The molecule has 19 heavy (non-hydrogen) atoms. The summed E-state index contributed by atoms with van der Waals surface area (Å²) in [5, 5.41) is 5.62. The van der Waals surface area contributed by atoms with Crippen molar-refractivity contribution in [3.05, 3.63) is 51.7 Å². The fourth-order valence-corrected chi connectivity index (χ4v) is 3.31. The van der Waals surface area contributed by atoms with Crippen molar-refractivity contribution >= 4 is 11.3 Å². The average molecular weight is 273 g/mol. The van der Waals surface area contributed by atoms with Crippen LogP contribution in [0.2, 0.25) is 0 Å². The van der Waals surface area contributed by atoms with E-state index < -0.39 is 0 Å². The van der Waals surface area contributed by atoms with Gasteiger partial charge in [0.05, 0.1) is 0 Å². The Kier molecular flexibility index (Phi) is 3.85. The van der Waals surface area contributed by atoms with Crippen LogP contribution in [0.3, 0.4) is 0 Å². The normalized spacial score (nSPS) is 17.4. The molecule has 0 amide bonds. The molecule has 3 heteroatoms. The van der Waals surface area contributed by atoms with Gasteiger partial charge in [0.2, 0.25) is 0 Å². The van der Waals surface area contributed by atoms with E-state index in [4.69, 9.17) is 4.74 Å². The van der Waals surface area contributed by atoms with E-state index in [0.29, 0.717) is 12.6 Å². The lowest BCUT2D eigenvalue weighted by atomic mass is 10.1. The molecule has 3 rings (SSSR count). The number of ether oxygens (including phenoxy) is 1. The van der Waals surface area contributed by atoms with Gasteiger partial charge in [0, 0.05) is 10.9 Å². The molecule has 1 aromatic heterocycles. The second kappa shape index (κ2) is 5.76. The monoisotopic (exact) mass is 273 g/mol. The van der Waals surface area contributed by atoms with Crippen molar-refractivity contribution in [3.8, 4) is 5.75 Å². The summed E-state index contributed by atoms with van der Waals surface area (Å²) in [6, 6.07) is 11.2. The molecule has 1 aliphatic carbocycles. The Labute approximate surface area is 118 Å². The number of hydrogen-bond acceptors (Lipinski definition) is 3. The van der Waals surface area contributed by atoms with E-state index >= 15 is 0 Å². The van der Waals surface area contributed by atoms with Crippen molar-refractivity contribution in [1.82, 2.24) is 5.32 Å². The fraction of sp³-hybridized carbons (Fsp3) is 0.375. The van der Waals surface area contributed by atoms with Gasteiger partial charge in [-0.25, -0.2) is 0 Å². The van der Waals surface area contributed by atoms with Crippen molar-refractivity contribution in [2.24, 2.45) is 0 Å². The van der Waals surface area contributed by atoms with Crippen molar-refractivity contribution in [1.29, 1.82) is 0 Å². The highest BCUT2D eigenvalue weighted by atomic mass is 32.1. The van der Waals surface area contributed by atoms with Crippen molar-refractivity contribution in [3.63, 3.8) is 0 Å². The summed E-state index contributed by atoms with van der Waals surface area (Å²) in [6.45, 7) is 3.87. The molecule has 0 saturated heterocycles. The summed E-state index contributed by atoms with van der Waals surface area (Å²) in [4.78, 5) is 1.27. The molecule has 2 nitrogen and oxygen atoms in total. The van der Waals surface area contributed by atoms with Gasteiger partial charge in [0.15, 0.2) is 0 Å². The summed E-state index contributed by atoms with van der Waals surface area (Å²) < 4.78 is 5.86. The molecule has 2 aromatic rings. The number of nitrogens with one attached hydrogen (secondary N) is 1. The highest BCUT2D eigenvalue weighted by Crippen LogP contribution is 2.33. The van der Waals surface area contributed by atoms with Gasteiger partial charge in [0.25, 0.3) is 0 Å². The van der Waals surface area contributed by atoms with Crippen LogP contribution in [-0.2, 0) is 13.0 Å². The Morgan fingerprint density at radius 1 is 1.37 bits per heavy atom. The van der Waals surface area contributed by atoms with Crippen molar-refractivity contribution < 1.29 is 4.74 Å². The van der Waals surface area contributed by atoms with Crippen LogP contribution in [0.5, 0.6) is 5.75 Å². The van der Waals surface area contributed by atoms with Gasteiger partial charge in [0.1, 0.15) is 12.4 Å². The summed E-state index contributed by atoms with van der Waals surface area (Å²) in [5.41, 5.74) is 2.89. The molecule has 1 unspecified atom stereocenters. The molecule has 0 radical (unpaired) electrons. The maximum absolute atomic E-state index is 5.86. The van der Waals surface area contributed by atoms with E-state index in [9.17, 15) is 0 Å². The van der Waals surface area contributed by atoms with E-state index in [2.05, 4.69) is 48.0 Å². The molecule has 1 atom stereocenters. The number of benzene rings is 1. The lowest BCUT2D eigenvalue weighted by molar-refractivity contribution is 0.309. The van der Waals surface area contributed by atoms with Crippen LogP contribution in [0.4, 0.5) is 0 Å². The van der Waals surface area contributed by atoms with Crippen LogP contribution in [0.1, 0.15) is 35.4 Å². The first-order valence-corrected chi connectivity index (χ1v) is 7.76. The van der Waals surface area contributed by atoms with Crippen LogP contribution < -0.4 is 10.1 Å². The number of fused-ring (bicyclic) bond motifs is 1. The Hall–Kier alpha value is -1.32. The number of aryl methyl sites for hydroxylation is 1. The maximum atomic E-state index is 5.86. The predicted octanol–water partition coefficient (Wildman–Crippen LogP) is 3.92. The minimum Gasteiger partial charge on any atom is -0.488 e. The molecule has 0 aliphatic heterocycles. The zero-order valence-electron chi connectivity index (χ0n) is 11.2. The van der Waals surface area contributed by atoms with Gasteiger partial charge in [-0.15, -0.1) is 11.3 Å². The van der Waals surface area contributed by atoms with E-state index in [0.717, 1.165) is 18.7 Å². The molecule has 0 spiro atoms. The molecular formula is C16H19NOS. The van der Waals surface area contributed by atoms with Crippen LogP contribution in [0, 0.1) is 0 Å². The van der Waals surface area contributed by atoms with E-state index in [1.807, 2.05) is 0 Å². The van der Waals surface area contributed by atoms with Gasteiger partial charge in [-0.05, 0) is 54.1 Å². The molecule has 0 saturated carbocycles. The highest BCUT2D eigenvalue weighted by molar-refractivity contribution is 7.09. The zero-order valence-corrected chi connectivity index (χ0v) is 12.0. The first kappa shape index (κ1) is 12.7. The first-order chi connectivity index (χ1) is 9.36. The Balaban J connectivity index is 1.68. The minimum absolute atomic E-state index is 0.534. The lowest BCUT2D eigenvalue weighted by Crippen LogP contribution is -2.18. The highest BCUT2D eigenvalue weighted by Gasteiger charge is 2.21. The third-order valence-corrected chi connectivity index (χ3v) is 4.45. The topological polar surface area (TPSA) is 21.3 Å². The van der Waals surface area contributed by atoms with E-state index in [1.54, 1.807) is 11.3 Å². The van der Waals surface area contributed by atoms with Gasteiger partial charge >= 0.3 is 0 Å². The summed E-state index contributed by atoms with van der Waals surface area (Å²) in [5.74, 6) is 0.990. The Bertz CT molecular complexity index is 536. The first-order valence-electron chi connectivity index (χ1n) is 6.88.